The summed E-state index contributed by atoms with van der Waals surface area (Å²) in [6.45, 7) is 6.72. The molecule has 10 heteroatoms. The van der Waals surface area contributed by atoms with Gasteiger partial charge in [-0.05, 0) is 70.6 Å². The molecular formula is C25H31ClN4O4S. The second-order valence-corrected chi connectivity index (χ2v) is 12.4. The Labute approximate surface area is 210 Å². The van der Waals surface area contributed by atoms with Crippen LogP contribution < -0.4 is 5.32 Å². The average Bonchev–Trinajstić information content (AvgIpc) is 3.32. The molecule has 0 saturated carbocycles. The van der Waals surface area contributed by atoms with E-state index < -0.39 is 9.84 Å². The van der Waals surface area contributed by atoms with Crippen molar-refractivity contribution in [2.45, 2.75) is 75.7 Å². The van der Waals surface area contributed by atoms with Gasteiger partial charge in [0.1, 0.15) is 22.7 Å². The highest BCUT2D eigenvalue weighted by Gasteiger charge is 2.33. The molecule has 5 rings (SSSR count). The van der Waals surface area contributed by atoms with Gasteiger partial charge in [-0.15, -0.1) is 0 Å². The fraction of sp³-hybridized carbons (Fsp3) is 0.520. The van der Waals surface area contributed by atoms with Crippen LogP contribution in [0.4, 0.5) is 11.4 Å². The van der Waals surface area contributed by atoms with E-state index in [1.165, 1.54) is 6.26 Å². The second kappa shape index (κ2) is 9.03. The predicted molar refractivity (Wildman–Crippen MR) is 136 cm³/mol. The summed E-state index contributed by atoms with van der Waals surface area (Å²) in [5.41, 5.74) is 2.92. The molecule has 2 atom stereocenters. The Morgan fingerprint density at radius 1 is 1.14 bits per heavy atom. The Kier molecular flexibility index (Phi) is 6.32. The van der Waals surface area contributed by atoms with E-state index in [0.29, 0.717) is 29.1 Å². The number of anilines is 2. The molecule has 0 bridgehead atoms. The van der Waals surface area contributed by atoms with E-state index in [1.54, 1.807) is 18.2 Å². The summed E-state index contributed by atoms with van der Waals surface area (Å²) < 4.78 is 39.7. The number of halogens is 1. The zero-order valence-corrected chi connectivity index (χ0v) is 22.0. The number of rotatable bonds is 5. The van der Waals surface area contributed by atoms with Crippen molar-refractivity contribution in [3.05, 3.63) is 40.8 Å². The summed E-state index contributed by atoms with van der Waals surface area (Å²) in [6, 6.07) is 7.09. The van der Waals surface area contributed by atoms with Crippen molar-refractivity contribution in [3.8, 4) is 0 Å². The Balaban J connectivity index is 1.55. The molecule has 2 aromatic heterocycles. The minimum absolute atomic E-state index is 0.129. The standard InChI is InChI=1S/C25H31ClN4O4S/c1-15-27-23-18(14-21(26)29-24(23)30(15)22-7-5-6-12-33-22)28-17-9-8-16(13-20(17)35(4,31)32)19-10-11-25(2,3)34-19/h8-9,13-14,19,22H,5-7,10-12H2,1-4H3,(H,28,29)/t19-,22?/m1/s1. The highest BCUT2D eigenvalue weighted by atomic mass is 35.5. The van der Waals surface area contributed by atoms with Gasteiger partial charge in [-0.1, -0.05) is 17.7 Å². The lowest BCUT2D eigenvalue weighted by atomic mass is 10.0. The van der Waals surface area contributed by atoms with E-state index in [2.05, 4.69) is 24.1 Å². The van der Waals surface area contributed by atoms with Crippen molar-refractivity contribution < 1.29 is 17.9 Å². The van der Waals surface area contributed by atoms with Gasteiger partial charge in [0.05, 0.1) is 28.0 Å². The number of nitrogens with zero attached hydrogens (tertiary/aromatic N) is 3. The first-order valence-electron chi connectivity index (χ1n) is 12.0. The third kappa shape index (κ3) is 4.91. The molecule has 0 amide bonds. The monoisotopic (exact) mass is 518 g/mol. The van der Waals surface area contributed by atoms with Gasteiger partial charge in [0.25, 0.3) is 0 Å². The molecule has 3 aromatic rings. The molecule has 0 spiro atoms. The van der Waals surface area contributed by atoms with Crippen molar-refractivity contribution in [3.63, 3.8) is 0 Å². The molecule has 2 saturated heterocycles. The number of hydrogen-bond acceptors (Lipinski definition) is 7. The van der Waals surface area contributed by atoms with E-state index in [-0.39, 0.29) is 28.0 Å². The minimum atomic E-state index is -3.53. The molecule has 35 heavy (non-hydrogen) atoms. The fourth-order valence-electron chi connectivity index (χ4n) is 5.02. The van der Waals surface area contributed by atoms with Gasteiger partial charge in [0.15, 0.2) is 15.5 Å². The van der Waals surface area contributed by atoms with Crippen molar-refractivity contribution in [1.82, 2.24) is 14.5 Å². The van der Waals surface area contributed by atoms with Crippen molar-refractivity contribution in [2.75, 3.05) is 18.2 Å². The molecule has 8 nitrogen and oxygen atoms in total. The molecule has 0 radical (unpaired) electrons. The summed E-state index contributed by atoms with van der Waals surface area (Å²) in [4.78, 5) is 9.48. The lowest BCUT2D eigenvalue weighted by molar-refractivity contribution is -0.0309. The number of pyridine rings is 1. The topological polar surface area (TPSA) is 95.3 Å². The zero-order valence-electron chi connectivity index (χ0n) is 20.5. The quantitative estimate of drug-likeness (QED) is 0.422. The number of hydrogen-bond donors (Lipinski definition) is 1. The number of benzene rings is 1. The van der Waals surface area contributed by atoms with E-state index in [9.17, 15) is 8.42 Å². The van der Waals surface area contributed by atoms with Gasteiger partial charge < -0.3 is 14.8 Å². The first-order chi connectivity index (χ1) is 16.5. The Morgan fingerprint density at radius 3 is 2.60 bits per heavy atom. The zero-order chi connectivity index (χ0) is 25.0. The largest absolute Gasteiger partial charge is 0.368 e. The van der Waals surface area contributed by atoms with Crippen molar-refractivity contribution >= 4 is 44.0 Å². The van der Waals surface area contributed by atoms with Crippen molar-refractivity contribution in [1.29, 1.82) is 0 Å². The summed E-state index contributed by atoms with van der Waals surface area (Å²) >= 11 is 6.41. The molecule has 188 valence electrons. The number of aromatic nitrogens is 3. The van der Waals surface area contributed by atoms with E-state index in [1.807, 2.05) is 17.6 Å². The average molecular weight is 519 g/mol. The lowest BCUT2D eigenvalue weighted by Gasteiger charge is -2.25. The SMILES string of the molecule is Cc1nc2c(Nc3ccc([C@H]4CCC(C)(C)O4)cc3S(C)(=O)=O)cc(Cl)nc2n1C1CCCCO1. The van der Waals surface area contributed by atoms with Crippen LogP contribution in [0.3, 0.4) is 0 Å². The highest BCUT2D eigenvalue weighted by Crippen LogP contribution is 2.41. The van der Waals surface area contributed by atoms with Crippen LogP contribution in [0.1, 0.15) is 69.7 Å². The van der Waals surface area contributed by atoms with Crippen LogP contribution in [0.15, 0.2) is 29.2 Å². The minimum Gasteiger partial charge on any atom is -0.368 e. The van der Waals surface area contributed by atoms with Crippen LogP contribution >= 0.6 is 11.6 Å². The number of imidazole rings is 1. The predicted octanol–water partition coefficient (Wildman–Crippen LogP) is 5.87. The van der Waals surface area contributed by atoms with Crippen LogP contribution in [-0.2, 0) is 19.3 Å². The van der Waals surface area contributed by atoms with Crippen LogP contribution in [0.25, 0.3) is 11.2 Å². The Morgan fingerprint density at radius 2 is 1.94 bits per heavy atom. The number of aryl methyl sites for hydroxylation is 1. The Bertz CT molecular complexity index is 1380. The molecule has 1 aromatic carbocycles. The van der Waals surface area contributed by atoms with Gasteiger partial charge in [-0.2, -0.15) is 0 Å². The summed E-state index contributed by atoms with van der Waals surface area (Å²) in [7, 11) is -3.53. The number of fused-ring (bicyclic) bond motifs is 1. The van der Waals surface area contributed by atoms with E-state index in [0.717, 1.165) is 43.5 Å². The van der Waals surface area contributed by atoms with Crippen LogP contribution in [-0.4, -0.2) is 41.4 Å². The second-order valence-electron chi connectivity index (χ2n) is 10.1. The molecule has 4 heterocycles. The molecule has 2 aliphatic rings. The first-order valence-corrected chi connectivity index (χ1v) is 14.2. The maximum Gasteiger partial charge on any atom is 0.177 e. The van der Waals surface area contributed by atoms with Gasteiger partial charge in [0, 0.05) is 18.9 Å². The van der Waals surface area contributed by atoms with E-state index >= 15 is 0 Å². The normalized spacial score (nSPS) is 22.5. The maximum absolute atomic E-state index is 12.8. The highest BCUT2D eigenvalue weighted by molar-refractivity contribution is 7.90. The molecule has 1 unspecified atom stereocenters. The third-order valence-corrected chi connectivity index (χ3v) is 8.08. The number of nitrogens with one attached hydrogen (secondary N) is 1. The van der Waals surface area contributed by atoms with Crippen LogP contribution in [0.2, 0.25) is 5.15 Å². The summed E-state index contributed by atoms with van der Waals surface area (Å²) in [5.74, 6) is 0.768. The van der Waals surface area contributed by atoms with Crippen LogP contribution in [0.5, 0.6) is 0 Å². The first kappa shape index (κ1) is 24.5. The van der Waals surface area contributed by atoms with Crippen LogP contribution in [0, 0.1) is 6.92 Å². The summed E-state index contributed by atoms with van der Waals surface area (Å²) in [5, 5.41) is 3.57. The van der Waals surface area contributed by atoms with Gasteiger partial charge in [-0.25, -0.2) is 18.4 Å². The maximum atomic E-state index is 12.8. The number of sulfone groups is 1. The van der Waals surface area contributed by atoms with E-state index in [4.69, 9.17) is 26.1 Å². The molecule has 0 aliphatic carbocycles. The third-order valence-electron chi connectivity index (χ3n) is 6.75. The molecule has 2 aliphatic heterocycles. The molecule has 1 N–H and O–H groups in total. The van der Waals surface area contributed by atoms with Gasteiger partial charge in [0.2, 0.25) is 0 Å². The lowest BCUT2D eigenvalue weighted by Crippen LogP contribution is -2.19. The van der Waals surface area contributed by atoms with Gasteiger partial charge in [-0.3, -0.25) is 4.57 Å². The Hall–Kier alpha value is -2.20. The van der Waals surface area contributed by atoms with Crippen molar-refractivity contribution in [2.24, 2.45) is 0 Å². The fourth-order valence-corrected chi connectivity index (χ4v) is 6.08. The molecule has 2 fully saturated rings. The van der Waals surface area contributed by atoms with Gasteiger partial charge >= 0.3 is 0 Å². The smallest absolute Gasteiger partial charge is 0.177 e. The number of ether oxygens (including phenoxy) is 2. The molecular weight excluding hydrogens is 488 g/mol. The summed E-state index contributed by atoms with van der Waals surface area (Å²) in [6.07, 6.45) is 5.70.